The number of carbonyl (C=O) groups excluding carboxylic acids is 1. The Hall–Kier alpha value is -1.36. The van der Waals surface area contributed by atoms with E-state index in [0.29, 0.717) is 20.9 Å². The molecule has 2 rings (SSSR count). The second-order valence-corrected chi connectivity index (χ2v) is 6.21. The van der Waals surface area contributed by atoms with Gasteiger partial charge in [0.25, 0.3) is 0 Å². The first-order chi connectivity index (χ1) is 8.70. The maximum absolute atomic E-state index is 13.6. The van der Waals surface area contributed by atoms with Crippen LogP contribution >= 0.6 is 15.9 Å². The van der Waals surface area contributed by atoms with Crippen LogP contribution in [0, 0.1) is 12.7 Å². The van der Waals surface area contributed by atoms with E-state index >= 15 is 0 Å². The normalized spacial score (nSPS) is 11.9. The van der Waals surface area contributed by atoms with Gasteiger partial charge in [0.1, 0.15) is 11.4 Å². The van der Waals surface area contributed by atoms with Gasteiger partial charge in [0.2, 0.25) is 0 Å². The third-order valence-corrected chi connectivity index (χ3v) is 3.45. The molecule has 0 aliphatic rings. The summed E-state index contributed by atoms with van der Waals surface area (Å²) in [5.41, 5.74) is 0.771. The smallest absolute Gasteiger partial charge is 0.419 e. The van der Waals surface area contributed by atoms with Crippen molar-refractivity contribution in [3.63, 3.8) is 0 Å². The molecule has 0 N–H and O–H groups in total. The SMILES string of the molecule is Cc1cc(F)c(Br)c2ccn(C(=O)OC(C)(C)C)c12. The van der Waals surface area contributed by atoms with E-state index in [2.05, 4.69) is 15.9 Å². The zero-order chi connectivity index (χ0) is 14.4. The van der Waals surface area contributed by atoms with Gasteiger partial charge in [0.05, 0.1) is 9.99 Å². The number of carbonyl (C=O) groups is 1. The lowest BCUT2D eigenvalue weighted by atomic mass is 10.1. The van der Waals surface area contributed by atoms with E-state index in [1.54, 1.807) is 40.0 Å². The van der Waals surface area contributed by atoms with Gasteiger partial charge in [-0.3, -0.25) is 4.57 Å². The summed E-state index contributed by atoms with van der Waals surface area (Å²) < 4.78 is 20.7. The van der Waals surface area contributed by atoms with Crippen LogP contribution in [0.15, 0.2) is 22.8 Å². The molecule has 0 bridgehead atoms. The maximum Gasteiger partial charge on any atom is 0.419 e. The van der Waals surface area contributed by atoms with E-state index in [1.165, 1.54) is 10.6 Å². The molecule has 19 heavy (non-hydrogen) atoms. The Morgan fingerprint density at radius 3 is 2.63 bits per heavy atom. The molecule has 0 saturated heterocycles. The number of hydrogen-bond acceptors (Lipinski definition) is 2. The van der Waals surface area contributed by atoms with Crippen LogP contribution in [-0.4, -0.2) is 16.3 Å². The first kappa shape index (κ1) is 14.1. The lowest BCUT2D eigenvalue weighted by Gasteiger charge is -2.20. The van der Waals surface area contributed by atoms with Gasteiger partial charge in [-0.15, -0.1) is 0 Å². The van der Waals surface area contributed by atoms with Gasteiger partial charge in [0.15, 0.2) is 0 Å². The van der Waals surface area contributed by atoms with E-state index in [0.717, 1.165) is 0 Å². The van der Waals surface area contributed by atoms with E-state index < -0.39 is 11.7 Å². The summed E-state index contributed by atoms with van der Waals surface area (Å²) in [6, 6.07) is 3.09. The van der Waals surface area contributed by atoms with Crippen LogP contribution in [0.4, 0.5) is 9.18 Å². The van der Waals surface area contributed by atoms with Crippen LogP contribution in [0.1, 0.15) is 26.3 Å². The number of ether oxygens (including phenoxy) is 1. The molecule has 0 spiro atoms. The predicted molar refractivity (Wildman–Crippen MR) is 76.0 cm³/mol. The Morgan fingerprint density at radius 1 is 1.42 bits per heavy atom. The quantitative estimate of drug-likeness (QED) is 0.706. The number of fused-ring (bicyclic) bond motifs is 1. The summed E-state index contributed by atoms with van der Waals surface area (Å²) in [5, 5.41) is 0.656. The molecule has 0 atom stereocenters. The van der Waals surface area contributed by atoms with E-state index in [9.17, 15) is 9.18 Å². The Labute approximate surface area is 119 Å². The first-order valence-electron chi connectivity index (χ1n) is 5.90. The van der Waals surface area contributed by atoms with Gasteiger partial charge in [-0.25, -0.2) is 9.18 Å². The molecule has 5 heteroatoms. The third-order valence-electron chi connectivity index (χ3n) is 2.64. The van der Waals surface area contributed by atoms with Gasteiger partial charge in [-0.2, -0.15) is 0 Å². The number of aromatic nitrogens is 1. The van der Waals surface area contributed by atoms with Crippen molar-refractivity contribution in [3.05, 3.63) is 34.2 Å². The zero-order valence-corrected chi connectivity index (χ0v) is 12.8. The van der Waals surface area contributed by atoms with Crippen LogP contribution in [0.5, 0.6) is 0 Å². The molecule has 0 radical (unpaired) electrons. The van der Waals surface area contributed by atoms with Crippen LogP contribution in [0.25, 0.3) is 10.9 Å². The highest BCUT2D eigenvalue weighted by Gasteiger charge is 2.21. The summed E-state index contributed by atoms with van der Waals surface area (Å²) >= 11 is 3.20. The Morgan fingerprint density at radius 2 is 2.05 bits per heavy atom. The molecule has 1 heterocycles. The second-order valence-electron chi connectivity index (χ2n) is 5.42. The fourth-order valence-corrected chi connectivity index (χ4v) is 2.36. The van der Waals surface area contributed by atoms with Crippen molar-refractivity contribution in [3.8, 4) is 0 Å². The molecule has 1 aromatic heterocycles. The minimum atomic E-state index is -0.571. The van der Waals surface area contributed by atoms with Crippen molar-refractivity contribution in [2.75, 3.05) is 0 Å². The average Bonchev–Trinajstić information content (AvgIpc) is 2.68. The van der Waals surface area contributed by atoms with Crippen molar-refractivity contribution < 1.29 is 13.9 Å². The van der Waals surface area contributed by atoms with Crippen molar-refractivity contribution in [2.45, 2.75) is 33.3 Å². The van der Waals surface area contributed by atoms with Gasteiger partial charge in [-0.1, -0.05) is 0 Å². The predicted octanol–water partition coefficient (Wildman–Crippen LogP) is 4.63. The third kappa shape index (κ3) is 2.66. The van der Waals surface area contributed by atoms with Gasteiger partial charge in [-0.05, 0) is 61.3 Å². The highest BCUT2D eigenvalue weighted by Crippen LogP contribution is 2.30. The Bertz CT molecular complexity index is 655. The number of nitrogens with zero attached hydrogens (tertiary/aromatic N) is 1. The molecular weight excluding hydrogens is 313 g/mol. The Balaban J connectivity index is 2.58. The molecule has 1 aromatic carbocycles. The minimum absolute atomic E-state index is 0.341. The van der Waals surface area contributed by atoms with E-state index in [-0.39, 0.29) is 5.82 Å². The van der Waals surface area contributed by atoms with Crippen molar-refractivity contribution >= 4 is 32.9 Å². The standard InChI is InChI=1S/C14H15BrFNO2/c1-8-7-10(16)11(15)9-5-6-17(12(8)9)13(18)19-14(2,3)4/h5-7H,1-4H3. The molecule has 2 aromatic rings. The topological polar surface area (TPSA) is 31.2 Å². The average molecular weight is 328 g/mol. The second kappa shape index (κ2) is 4.63. The number of hydrogen-bond donors (Lipinski definition) is 0. The van der Waals surface area contributed by atoms with Crippen molar-refractivity contribution in [1.29, 1.82) is 0 Å². The monoisotopic (exact) mass is 327 g/mol. The lowest BCUT2D eigenvalue weighted by Crippen LogP contribution is -2.26. The zero-order valence-electron chi connectivity index (χ0n) is 11.3. The minimum Gasteiger partial charge on any atom is -0.443 e. The highest BCUT2D eigenvalue weighted by molar-refractivity contribution is 9.10. The molecule has 102 valence electrons. The van der Waals surface area contributed by atoms with Crippen LogP contribution < -0.4 is 0 Å². The van der Waals surface area contributed by atoms with Gasteiger partial charge in [0, 0.05) is 11.6 Å². The number of aryl methyl sites for hydroxylation is 1. The summed E-state index contributed by atoms with van der Waals surface area (Å²) in [6.07, 6.45) is 1.12. The van der Waals surface area contributed by atoms with Crippen molar-refractivity contribution in [1.82, 2.24) is 4.57 Å². The molecule has 0 aliphatic carbocycles. The summed E-state index contributed by atoms with van der Waals surface area (Å²) in [6.45, 7) is 7.18. The van der Waals surface area contributed by atoms with Crippen LogP contribution in [-0.2, 0) is 4.74 Å². The molecule has 0 amide bonds. The fourth-order valence-electron chi connectivity index (χ4n) is 1.93. The number of rotatable bonds is 0. The number of benzene rings is 1. The molecular formula is C14H15BrFNO2. The largest absolute Gasteiger partial charge is 0.443 e. The maximum atomic E-state index is 13.6. The molecule has 0 unspecified atom stereocenters. The van der Waals surface area contributed by atoms with E-state index in [4.69, 9.17) is 4.74 Å². The molecule has 3 nitrogen and oxygen atoms in total. The molecule has 0 fully saturated rings. The number of halogens is 2. The summed E-state index contributed by atoms with van der Waals surface area (Å²) in [7, 11) is 0. The highest BCUT2D eigenvalue weighted by atomic mass is 79.9. The lowest BCUT2D eigenvalue weighted by molar-refractivity contribution is 0.0544. The Kier molecular flexibility index (Phi) is 3.43. The van der Waals surface area contributed by atoms with Crippen LogP contribution in [0.2, 0.25) is 0 Å². The summed E-state index contributed by atoms with van der Waals surface area (Å²) in [5.74, 6) is -0.341. The van der Waals surface area contributed by atoms with Gasteiger partial charge >= 0.3 is 6.09 Å². The van der Waals surface area contributed by atoms with Gasteiger partial charge < -0.3 is 4.74 Å². The fraction of sp³-hybridized carbons (Fsp3) is 0.357. The van der Waals surface area contributed by atoms with Crippen molar-refractivity contribution in [2.24, 2.45) is 0 Å². The molecule has 0 aliphatic heterocycles. The first-order valence-corrected chi connectivity index (χ1v) is 6.69. The molecule has 0 saturated carbocycles. The van der Waals surface area contributed by atoms with E-state index in [1.807, 2.05) is 0 Å². The van der Waals surface area contributed by atoms with Crippen LogP contribution in [0.3, 0.4) is 0 Å². The summed E-state index contributed by atoms with van der Waals surface area (Å²) in [4.78, 5) is 12.1.